The van der Waals surface area contributed by atoms with E-state index in [1.54, 1.807) is 0 Å². The number of hydrogen-bond donors (Lipinski definition) is 0. The number of fused-ring (bicyclic) bond motifs is 9. The summed E-state index contributed by atoms with van der Waals surface area (Å²) in [4.78, 5) is 2.42. The van der Waals surface area contributed by atoms with Crippen LogP contribution in [0, 0.1) is 0 Å². The lowest BCUT2D eigenvalue weighted by atomic mass is 9.82. The van der Waals surface area contributed by atoms with Gasteiger partial charge in [0.1, 0.15) is 0 Å². The number of nitrogens with zero attached hydrogens (tertiary/aromatic N) is 2. The van der Waals surface area contributed by atoms with Crippen molar-refractivity contribution in [1.29, 1.82) is 0 Å². The minimum Gasteiger partial charge on any atom is -0.310 e. The number of para-hydroxylation sites is 2. The molecule has 0 fully saturated rings. The maximum Gasteiger partial charge on any atom is 0.0541 e. The Morgan fingerprint density at radius 2 is 0.902 bits per heavy atom. The molecule has 0 spiro atoms. The lowest BCUT2D eigenvalue weighted by molar-refractivity contribution is 0.661. The van der Waals surface area contributed by atoms with Crippen LogP contribution in [0.1, 0.15) is 25.0 Å². The van der Waals surface area contributed by atoms with Crippen molar-refractivity contribution >= 4 is 60.4 Å². The number of aromatic nitrogens is 1. The number of rotatable bonds is 6. The summed E-state index contributed by atoms with van der Waals surface area (Å²) in [6.45, 7) is 4.74. The first-order chi connectivity index (χ1) is 30.0. The molecule has 0 bridgehead atoms. The minimum atomic E-state index is -0.110. The quantitative estimate of drug-likeness (QED) is 0.163. The first kappa shape index (κ1) is 35.3. The van der Waals surface area contributed by atoms with E-state index in [2.05, 4.69) is 242 Å². The van der Waals surface area contributed by atoms with Crippen LogP contribution >= 0.6 is 0 Å². The summed E-state index contributed by atoms with van der Waals surface area (Å²) in [5.41, 5.74) is 17.1. The Hall–Kier alpha value is -7.68. The zero-order valence-electron chi connectivity index (χ0n) is 34.2. The predicted octanol–water partition coefficient (Wildman–Crippen LogP) is 16.2. The molecule has 1 heterocycles. The highest BCUT2D eigenvalue weighted by Crippen LogP contribution is 2.53. The van der Waals surface area contributed by atoms with Crippen LogP contribution in [-0.2, 0) is 5.41 Å². The Morgan fingerprint density at radius 1 is 0.377 bits per heavy atom. The highest BCUT2D eigenvalue weighted by Gasteiger charge is 2.37. The highest BCUT2D eigenvalue weighted by molar-refractivity contribution is 6.10. The Kier molecular flexibility index (Phi) is 7.92. The molecule has 0 atom stereocenters. The van der Waals surface area contributed by atoms with Crippen LogP contribution in [0.25, 0.3) is 82.4 Å². The molecule has 0 unspecified atom stereocenters. The lowest BCUT2D eigenvalue weighted by Crippen LogP contribution is -2.15. The van der Waals surface area contributed by atoms with Gasteiger partial charge in [0.25, 0.3) is 0 Å². The van der Waals surface area contributed by atoms with E-state index in [-0.39, 0.29) is 5.41 Å². The lowest BCUT2D eigenvalue weighted by Gasteiger charge is -2.27. The SMILES string of the molecule is CC1(C)c2ccc(N(c3ccc(-c4cccc5cccc(-c6ccccc6)c45)cc3)c3ccc(-n4c5ccccc5c5ccccc54)cc3)cc2-c2c1ccc1ccccc21. The maximum absolute atomic E-state index is 2.43. The fraction of sp³-hybridized carbons (Fsp3) is 0.0508. The van der Waals surface area contributed by atoms with E-state index in [0.717, 1.165) is 22.7 Å². The normalized spacial score (nSPS) is 12.9. The molecule has 12 rings (SSSR count). The van der Waals surface area contributed by atoms with E-state index in [1.165, 1.54) is 87.9 Å². The molecule has 11 aromatic rings. The van der Waals surface area contributed by atoms with E-state index in [9.17, 15) is 0 Å². The summed E-state index contributed by atoms with van der Waals surface area (Å²) < 4.78 is 2.39. The Morgan fingerprint density at radius 3 is 1.57 bits per heavy atom. The standard InChI is InChI=1S/C59H42N2/c1-59(2)53-37-35-46(38-52(53)58-49-19-7-6-16-40(49)28-36-54(58)59)60(44-31-33-45(34-32-44)61-55-24-10-8-20-50(55)51-21-9-11-25-56(51)61)43-29-26-41(27-30-43)48-23-13-18-42-17-12-22-47(57(42)48)39-14-4-3-5-15-39/h3-38H,1-2H3. The first-order valence-electron chi connectivity index (χ1n) is 21.3. The summed E-state index contributed by atoms with van der Waals surface area (Å²) in [6, 6.07) is 80.3. The van der Waals surface area contributed by atoms with E-state index in [0.29, 0.717) is 0 Å². The van der Waals surface area contributed by atoms with Gasteiger partial charge in [0.2, 0.25) is 0 Å². The molecule has 0 saturated heterocycles. The topological polar surface area (TPSA) is 8.17 Å². The summed E-state index contributed by atoms with van der Waals surface area (Å²) in [6.07, 6.45) is 0. The third kappa shape index (κ3) is 5.49. The van der Waals surface area contributed by atoms with Gasteiger partial charge in [-0.15, -0.1) is 0 Å². The van der Waals surface area contributed by atoms with Gasteiger partial charge in [-0.2, -0.15) is 0 Å². The van der Waals surface area contributed by atoms with E-state index in [1.807, 2.05) is 0 Å². The van der Waals surface area contributed by atoms with Crippen molar-refractivity contribution in [3.05, 3.63) is 230 Å². The molecule has 2 nitrogen and oxygen atoms in total. The van der Waals surface area contributed by atoms with Gasteiger partial charge in [-0.3, -0.25) is 0 Å². The molecule has 61 heavy (non-hydrogen) atoms. The minimum absolute atomic E-state index is 0.110. The molecule has 0 saturated carbocycles. The second-order valence-electron chi connectivity index (χ2n) is 16.9. The van der Waals surface area contributed by atoms with Gasteiger partial charge in [-0.1, -0.05) is 172 Å². The third-order valence-electron chi connectivity index (χ3n) is 13.2. The van der Waals surface area contributed by atoms with Crippen molar-refractivity contribution in [2.45, 2.75) is 19.3 Å². The predicted molar refractivity (Wildman–Crippen MR) is 259 cm³/mol. The molecule has 1 aliphatic rings. The first-order valence-corrected chi connectivity index (χ1v) is 21.3. The molecule has 2 heteroatoms. The molecule has 1 aliphatic carbocycles. The molecule has 0 aliphatic heterocycles. The van der Waals surface area contributed by atoms with Crippen LogP contribution in [0.3, 0.4) is 0 Å². The Balaban J connectivity index is 1.02. The van der Waals surface area contributed by atoms with Gasteiger partial charge in [-0.05, 0) is 127 Å². The molecular formula is C59H42N2. The average molecular weight is 779 g/mol. The number of anilines is 3. The van der Waals surface area contributed by atoms with Crippen molar-refractivity contribution < 1.29 is 0 Å². The second kappa shape index (κ2) is 13.7. The van der Waals surface area contributed by atoms with Crippen LogP contribution in [0.2, 0.25) is 0 Å². The van der Waals surface area contributed by atoms with Crippen molar-refractivity contribution in [1.82, 2.24) is 4.57 Å². The van der Waals surface area contributed by atoms with E-state index < -0.39 is 0 Å². The molecule has 0 N–H and O–H groups in total. The summed E-state index contributed by atoms with van der Waals surface area (Å²) in [5.74, 6) is 0. The van der Waals surface area contributed by atoms with E-state index in [4.69, 9.17) is 0 Å². The summed E-state index contributed by atoms with van der Waals surface area (Å²) in [7, 11) is 0. The largest absolute Gasteiger partial charge is 0.310 e. The van der Waals surface area contributed by atoms with Crippen LogP contribution in [0.15, 0.2) is 218 Å². The zero-order chi connectivity index (χ0) is 40.7. The summed E-state index contributed by atoms with van der Waals surface area (Å²) >= 11 is 0. The van der Waals surface area contributed by atoms with Crippen molar-refractivity contribution in [3.63, 3.8) is 0 Å². The van der Waals surface area contributed by atoms with Crippen LogP contribution in [0.4, 0.5) is 17.1 Å². The van der Waals surface area contributed by atoms with Crippen molar-refractivity contribution in [2.75, 3.05) is 4.90 Å². The van der Waals surface area contributed by atoms with Gasteiger partial charge in [0.05, 0.1) is 11.0 Å². The monoisotopic (exact) mass is 778 g/mol. The highest BCUT2D eigenvalue weighted by atomic mass is 15.1. The summed E-state index contributed by atoms with van der Waals surface area (Å²) in [5, 5.41) is 7.61. The Bertz CT molecular complexity index is 3420. The van der Waals surface area contributed by atoms with Crippen molar-refractivity contribution in [2.24, 2.45) is 0 Å². The van der Waals surface area contributed by atoms with Crippen molar-refractivity contribution in [3.8, 4) is 39.1 Å². The smallest absolute Gasteiger partial charge is 0.0541 e. The average Bonchev–Trinajstić information content (AvgIpc) is 3.77. The molecule has 288 valence electrons. The molecular weight excluding hydrogens is 737 g/mol. The number of hydrogen-bond acceptors (Lipinski definition) is 1. The van der Waals surface area contributed by atoms with Crippen LogP contribution in [-0.4, -0.2) is 4.57 Å². The van der Waals surface area contributed by atoms with Crippen LogP contribution < -0.4 is 4.90 Å². The van der Waals surface area contributed by atoms with E-state index >= 15 is 0 Å². The fourth-order valence-corrected chi connectivity index (χ4v) is 10.3. The molecule has 10 aromatic carbocycles. The van der Waals surface area contributed by atoms with Gasteiger partial charge >= 0.3 is 0 Å². The van der Waals surface area contributed by atoms with Crippen LogP contribution in [0.5, 0.6) is 0 Å². The Labute approximate surface area is 356 Å². The van der Waals surface area contributed by atoms with Gasteiger partial charge in [0, 0.05) is 38.9 Å². The maximum atomic E-state index is 2.43. The molecule has 0 amide bonds. The third-order valence-corrected chi connectivity index (χ3v) is 13.2. The zero-order valence-corrected chi connectivity index (χ0v) is 34.2. The number of benzene rings is 10. The van der Waals surface area contributed by atoms with Gasteiger partial charge < -0.3 is 9.47 Å². The fourth-order valence-electron chi connectivity index (χ4n) is 10.3. The molecule has 0 radical (unpaired) electrons. The molecule has 1 aromatic heterocycles. The van der Waals surface area contributed by atoms with Gasteiger partial charge in [-0.25, -0.2) is 0 Å². The second-order valence-corrected chi connectivity index (χ2v) is 16.9. The van der Waals surface area contributed by atoms with Gasteiger partial charge in [0.15, 0.2) is 0 Å².